The second-order valence-corrected chi connectivity index (χ2v) is 8.82. The molecule has 34 heavy (non-hydrogen) atoms. The van der Waals surface area contributed by atoms with Crippen LogP contribution in [0.4, 0.5) is 0 Å². The zero-order chi connectivity index (χ0) is 23.5. The van der Waals surface area contributed by atoms with Gasteiger partial charge in [-0.25, -0.2) is 0 Å². The highest BCUT2D eigenvalue weighted by atomic mass is 16.6. The first-order chi connectivity index (χ1) is 16.6. The van der Waals surface area contributed by atoms with E-state index in [9.17, 15) is 9.59 Å². The van der Waals surface area contributed by atoms with E-state index in [1.165, 1.54) is 0 Å². The largest absolute Gasteiger partial charge is 0.485 e. The standard InChI is InChI=1S/C27H29N3O4/c1-19(21-10-6-8-20-7-2-3-9-22(20)21)28-26(31)17-29-13-15-30(16-14-29)27(32)25-18-33-23-11-4-5-12-24(23)34-25/h2-12,19,25H,13-18H2,1H3,(H,28,31)/t19-,25+/m0/s1. The van der Waals surface area contributed by atoms with Gasteiger partial charge in [0.1, 0.15) is 6.61 Å². The highest BCUT2D eigenvalue weighted by Crippen LogP contribution is 2.31. The zero-order valence-corrected chi connectivity index (χ0v) is 19.3. The lowest BCUT2D eigenvalue weighted by atomic mass is 10.00. The summed E-state index contributed by atoms with van der Waals surface area (Å²) in [4.78, 5) is 29.6. The maximum atomic E-state index is 12.9. The molecule has 2 aliphatic rings. The summed E-state index contributed by atoms with van der Waals surface area (Å²) in [5, 5.41) is 5.45. The summed E-state index contributed by atoms with van der Waals surface area (Å²) in [5.74, 6) is 1.19. The second-order valence-electron chi connectivity index (χ2n) is 8.82. The number of piperazine rings is 1. The second kappa shape index (κ2) is 9.73. The first kappa shape index (κ1) is 22.2. The van der Waals surface area contributed by atoms with Crippen molar-refractivity contribution in [3.8, 4) is 11.5 Å². The Kier molecular flexibility index (Phi) is 6.36. The fourth-order valence-corrected chi connectivity index (χ4v) is 4.67. The van der Waals surface area contributed by atoms with Gasteiger partial charge in [-0.2, -0.15) is 0 Å². The molecule has 0 aromatic heterocycles. The molecule has 7 heteroatoms. The Hall–Kier alpha value is -3.58. The van der Waals surface area contributed by atoms with Crippen molar-refractivity contribution in [3.63, 3.8) is 0 Å². The molecule has 2 amide bonds. The first-order valence-electron chi connectivity index (χ1n) is 11.7. The average molecular weight is 460 g/mol. The van der Waals surface area contributed by atoms with Crippen LogP contribution >= 0.6 is 0 Å². The number of nitrogens with zero attached hydrogens (tertiary/aromatic N) is 2. The number of fused-ring (bicyclic) bond motifs is 2. The summed E-state index contributed by atoms with van der Waals surface area (Å²) in [6, 6.07) is 21.7. The first-order valence-corrected chi connectivity index (χ1v) is 11.7. The molecule has 0 bridgehead atoms. The normalized spacial score (nSPS) is 19.0. The summed E-state index contributed by atoms with van der Waals surface area (Å²) in [6.07, 6.45) is -0.633. The number of amides is 2. The van der Waals surface area contributed by atoms with Crippen LogP contribution in [0.5, 0.6) is 11.5 Å². The molecule has 7 nitrogen and oxygen atoms in total. The van der Waals surface area contributed by atoms with E-state index in [0.29, 0.717) is 44.2 Å². The zero-order valence-electron chi connectivity index (χ0n) is 19.3. The number of carbonyl (C=O) groups excluding carboxylic acids is 2. The van der Waals surface area contributed by atoms with Gasteiger partial charge in [0.05, 0.1) is 12.6 Å². The van der Waals surface area contributed by atoms with Gasteiger partial charge in [0, 0.05) is 26.2 Å². The molecule has 1 N–H and O–H groups in total. The smallest absolute Gasteiger partial charge is 0.267 e. The number of nitrogens with one attached hydrogen (secondary N) is 1. The summed E-state index contributed by atoms with van der Waals surface area (Å²) >= 11 is 0. The van der Waals surface area contributed by atoms with Crippen LogP contribution in [0.2, 0.25) is 0 Å². The quantitative estimate of drug-likeness (QED) is 0.635. The Balaban J connectivity index is 1.11. The van der Waals surface area contributed by atoms with E-state index in [0.717, 1.165) is 16.3 Å². The number of rotatable bonds is 5. The predicted molar refractivity (Wildman–Crippen MR) is 130 cm³/mol. The van der Waals surface area contributed by atoms with Crippen molar-refractivity contribution in [2.75, 3.05) is 39.3 Å². The summed E-state index contributed by atoms with van der Waals surface area (Å²) < 4.78 is 11.5. The number of ether oxygens (including phenoxy) is 2. The van der Waals surface area contributed by atoms with E-state index in [1.807, 2.05) is 49.4 Å². The number of benzene rings is 3. The van der Waals surface area contributed by atoms with Crippen LogP contribution in [0.3, 0.4) is 0 Å². The van der Waals surface area contributed by atoms with Crippen molar-refractivity contribution in [3.05, 3.63) is 72.3 Å². The van der Waals surface area contributed by atoms with Gasteiger partial charge in [0.25, 0.3) is 5.91 Å². The molecule has 0 spiro atoms. The van der Waals surface area contributed by atoms with Gasteiger partial charge in [-0.1, -0.05) is 54.6 Å². The SMILES string of the molecule is C[C@H](NC(=O)CN1CCN(C(=O)[C@H]2COc3ccccc3O2)CC1)c1cccc2ccccc12. The number of hydrogen-bond acceptors (Lipinski definition) is 5. The topological polar surface area (TPSA) is 71.1 Å². The lowest BCUT2D eigenvalue weighted by Crippen LogP contribution is -2.55. The summed E-state index contributed by atoms with van der Waals surface area (Å²) in [7, 11) is 0. The molecule has 5 rings (SSSR count). The van der Waals surface area contributed by atoms with Gasteiger partial charge in [-0.05, 0) is 35.4 Å². The molecule has 3 aromatic rings. The van der Waals surface area contributed by atoms with Gasteiger partial charge in [-0.15, -0.1) is 0 Å². The monoisotopic (exact) mass is 459 g/mol. The van der Waals surface area contributed by atoms with Crippen LogP contribution in [0.1, 0.15) is 18.5 Å². The third kappa shape index (κ3) is 4.70. The highest BCUT2D eigenvalue weighted by Gasteiger charge is 2.33. The molecule has 1 fully saturated rings. The molecule has 176 valence electrons. The van der Waals surface area contributed by atoms with Crippen LogP contribution in [0, 0.1) is 0 Å². The van der Waals surface area contributed by atoms with Crippen molar-refractivity contribution in [2.45, 2.75) is 19.1 Å². The van der Waals surface area contributed by atoms with Crippen molar-refractivity contribution in [2.24, 2.45) is 0 Å². The third-order valence-electron chi connectivity index (χ3n) is 6.50. The van der Waals surface area contributed by atoms with E-state index in [1.54, 1.807) is 4.90 Å². The fourth-order valence-electron chi connectivity index (χ4n) is 4.67. The lowest BCUT2D eigenvalue weighted by molar-refractivity contribution is -0.143. The Labute approximate surface area is 199 Å². The van der Waals surface area contributed by atoms with Gasteiger partial charge < -0.3 is 19.7 Å². The van der Waals surface area contributed by atoms with Gasteiger partial charge in [0.2, 0.25) is 12.0 Å². The number of hydrogen-bond donors (Lipinski definition) is 1. The van der Waals surface area contributed by atoms with Gasteiger partial charge in [-0.3, -0.25) is 14.5 Å². The molecular weight excluding hydrogens is 430 g/mol. The van der Waals surface area contributed by atoms with Crippen molar-refractivity contribution < 1.29 is 19.1 Å². The molecular formula is C27H29N3O4. The van der Waals surface area contributed by atoms with Crippen LogP contribution in [-0.4, -0.2) is 67.0 Å². The number of para-hydroxylation sites is 2. The Morgan fingerprint density at radius 1 is 0.941 bits per heavy atom. The fraction of sp³-hybridized carbons (Fsp3) is 0.333. The minimum atomic E-state index is -0.633. The Bertz CT molecular complexity index is 1180. The van der Waals surface area contributed by atoms with E-state index in [4.69, 9.17) is 9.47 Å². The Morgan fingerprint density at radius 3 is 2.47 bits per heavy atom. The molecule has 2 aliphatic heterocycles. The molecule has 3 aromatic carbocycles. The summed E-state index contributed by atoms with van der Waals surface area (Å²) in [5.41, 5.74) is 1.11. The highest BCUT2D eigenvalue weighted by molar-refractivity contribution is 5.87. The van der Waals surface area contributed by atoms with Crippen LogP contribution in [-0.2, 0) is 9.59 Å². The van der Waals surface area contributed by atoms with E-state index in [-0.39, 0.29) is 24.5 Å². The maximum Gasteiger partial charge on any atom is 0.267 e. The molecule has 0 unspecified atom stereocenters. The van der Waals surface area contributed by atoms with Crippen LogP contribution in [0.15, 0.2) is 66.7 Å². The van der Waals surface area contributed by atoms with Gasteiger partial charge in [0.15, 0.2) is 11.5 Å². The van der Waals surface area contributed by atoms with Gasteiger partial charge >= 0.3 is 0 Å². The molecule has 2 heterocycles. The summed E-state index contributed by atoms with van der Waals surface area (Å²) in [6.45, 7) is 4.95. The third-order valence-corrected chi connectivity index (χ3v) is 6.50. The lowest BCUT2D eigenvalue weighted by Gasteiger charge is -2.37. The number of carbonyl (C=O) groups is 2. The predicted octanol–water partition coefficient (Wildman–Crippen LogP) is 3.00. The minimum absolute atomic E-state index is 0.0131. The van der Waals surface area contributed by atoms with Crippen molar-refractivity contribution >= 4 is 22.6 Å². The average Bonchev–Trinajstić information content (AvgIpc) is 2.88. The Morgan fingerprint density at radius 2 is 1.65 bits per heavy atom. The van der Waals surface area contributed by atoms with Crippen LogP contribution in [0.25, 0.3) is 10.8 Å². The minimum Gasteiger partial charge on any atom is -0.485 e. The van der Waals surface area contributed by atoms with E-state index >= 15 is 0 Å². The molecule has 1 saturated heterocycles. The molecule has 0 aliphatic carbocycles. The molecule has 0 radical (unpaired) electrons. The van der Waals surface area contributed by atoms with E-state index in [2.05, 4.69) is 34.5 Å². The molecule has 2 atom stereocenters. The van der Waals surface area contributed by atoms with Crippen molar-refractivity contribution in [1.29, 1.82) is 0 Å². The maximum absolute atomic E-state index is 12.9. The van der Waals surface area contributed by atoms with Crippen molar-refractivity contribution in [1.82, 2.24) is 15.1 Å². The van der Waals surface area contributed by atoms with E-state index < -0.39 is 6.10 Å². The van der Waals surface area contributed by atoms with Crippen LogP contribution < -0.4 is 14.8 Å². The molecule has 0 saturated carbocycles.